The second kappa shape index (κ2) is 3.78. The molecule has 3 nitrogen and oxygen atoms in total. The monoisotopic (exact) mass is 191 g/mol. The average Bonchev–Trinajstić information content (AvgIpc) is 2.23. The highest BCUT2D eigenvalue weighted by Gasteiger charge is 2.15. The van der Waals surface area contributed by atoms with Gasteiger partial charge in [0.2, 0.25) is 0 Å². The van der Waals surface area contributed by atoms with Crippen LogP contribution in [0.25, 0.3) is 0 Å². The summed E-state index contributed by atoms with van der Waals surface area (Å²) in [4.78, 5) is 6.27. The summed E-state index contributed by atoms with van der Waals surface area (Å²) >= 11 is 0. The van der Waals surface area contributed by atoms with Gasteiger partial charge in [-0.15, -0.1) is 0 Å². The van der Waals surface area contributed by atoms with E-state index >= 15 is 0 Å². The molecule has 0 aromatic heterocycles. The number of nitrogens with one attached hydrogen (secondary N) is 1. The topological polar surface area (TPSA) is 39.5 Å². The van der Waals surface area contributed by atoms with Crippen LogP contribution < -0.4 is 0 Å². The van der Waals surface area contributed by atoms with E-state index in [0.29, 0.717) is 5.70 Å². The standard InChI is InChI=1S/C11H17N3/c1-11(2)6-5-10(14(3)4)9(7-12)13-8-11/h5-8,12H,1-4H3. The molecule has 0 aromatic rings. The number of hydrogen-bond donors (Lipinski definition) is 1. The maximum atomic E-state index is 7.29. The van der Waals surface area contributed by atoms with E-state index in [2.05, 4.69) is 24.9 Å². The fourth-order valence-corrected chi connectivity index (χ4v) is 1.21. The number of nitrogens with zero attached hydrogens (tertiary/aromatic N) is 2. The zero-order chi connectivity index (χ0) is 10.8. The Morgan fingerprint density at radius 1 is 1.43 bits per heavy atom. The number of allylic oxidation sites excluding steroid dienone is 3. The molecule has 76 valence electrons. The SMILES string of the molecule is CN(C)C1=C(C=N)N=CC(C)(C)C=C1. The second-order valence-electron chi connectivity index (χ2n) is 4.22. The molecule has 0 spiro atoms. The smallest absolute Gasteiger partial charge is 0.103 e. The van der Waals surface area contributed by atoms with Gasteiger partial charge in [-0.05, 0) is 6.08 Å². The first-order valence-electron chi connectivity index (χ1n) is 4.63. The number of rotatable bonds is 2. The molecule has 0 amide bonds. The largest absolute Gasteiger partial charge is 0.376 e. The van der Waals surface area contributed by atoms with Gasteiger partial charge >= 0.3 is 0 Å². The maximum absolute atomic E-state index is 7.29. The molecule has 0 saturated carbocycles. The first-order valence-corrected chi connectivity index (χ1v) is 4.63. The van der Waals surface area contributed by atoms with Crippen LogP contribution >= 0.6 is 0 Å². The Bertz CT molecular complexity index is 319. The van der Waals surface area contributed by atoms with Crippen molar-refractivity contribution in [2.45, 2.75) is 13.8 Å². The third kappa shape index (κ3) is 2.31. The van der Waals surface area contributed by atoms with Crippen molar-refractivity contribution in [3.8, 4) is 0 Å². The Balaban J connectivity index is 3.16. The minimum atomic E-state index is -0.0357. The van der Waals surface area contributed by atoms with Crippen molar-refractivity contribution in [2.24, 2.45) is 10.4 Å². The fraction of sp³-hybridized carbons (Fsp3) is 0.455. The highest BCUT2D eigenvalue weighted by molar-refractivity contribution is 5.83. The van der Waals surface area contributed by atoms with Crippen molar-refractivity contribution in [2.75, 3.05) is 14.1 Å². The molecule has 1 aliphatic rings. The third-order valence-corrected chi connectivity index (χ3v) is 2.09. The van der Waals surface area contributed by atoms with E-state index in [1.807, 2.05) is 31.3 Å². The summed E-state index contributed by atoms with van der Waals surface area (Å²) in [6.45, 7) is 4.18. The van der Waals surface area contributed by atoms with Crippen LogP contribution in [0.2, 0.25) is 0 Å². The Labute approximate surface area is 85.3 Å². The molecule has 1 heterocycles. The van der Waals surface area contributed by atoms with Crippen molar-refractivity contribution in [3.63, 3.8) is 0 Å². The molecule has 0 aliphatic carbocycles. The lowest BCUT2D eigenvalue weighted by molar-refractivity contribution is 0.525. The summed E-state index contributed by atoms with van der Waals surface area (Å²) in [5.74, 6) is 0. The molecular weight excluding hydrogens is 174 g/mol. The Morgan fingerprint density at radius 2 is 2.07 bits per heavy atom. The van der Waals surface area contributed by atoms with E-state index < -0.39 is 0 Å². The molecule has 1 aliphatic heterocycles. The van der Waals surface area contributed by atoms with Crippen LogP contribution in [0.4, 0.5) is 0 Å². The van der Waals surface area contributed by atoms with Crippen molar-refractivity contribution in [1.29, 1.82) is 5.41 Å². The van der Waals surface area contributed by atoms with E-state index in [1.165, 1.54) is 6.21 Å². The van der Waals surface area contributed by atoms with Crippen LogP contribution in [0.3, 0.4) is 0 Å². The Hall–Kier alpha value is -1.38. The predicted molar refractivity (Wildman–Crippen MR) is 60.9 cm³/mol. The Kier molecular flexibility index (Phi) is 2.89. The van der Waals surface area contributed by atoms with Gasteiger partial charge in [0.05, 0.1) is 5.70 Å². The van der Waals surface area contributed by atoms with Crippen molar-refractivity contribution in [3.05, 3.63) is 23.5 Å². The average molecular weight is 191 g/mol. The van der Waals surface area contributed by atoms with Crippen LogP contribution in [-0.2, 0) is 0 Å². The first-order chi connectivity index (χ1) is 6.46. The van der Waals surface area contributed by atoms with E-state index in [-0.39, 0.29) is 5.41 Å². The molecular formula is C11H17N3. The molecule has 0 saturated heterocycles. The van der Waals surface area contributed by atoms with E-state index in [0.717, 1.165) is 5.70 Å². The lowest BCUT2D eigenvalue weighted by Gasteiger charge is -2.14. The van der Waals surface area contributed by atoms with Gasteiger partial charge in [0.25, 0.3) is 0 Å². The molecule has 0 fully saturated rings. The quantitative estimate of drug-likeness (QED) is 0.667. The predicted octanol–water partition coefficient (Wildman–Crippen LogP) is 2.08. The molecule has 0 unspecified atom stereocenters. The van der Waals surface area contributed by atoms with Gasteiger partial charge in [-0.1, -0.05) is 19.9 Å². The fourth-order valence-electron chi connectivity index (χ4n) is 1.21. The van der Waals surface area contributed by atoms with Crippen molar-refractivity contribution < 1.29 is 0 Å². The van der Waals surface area contributed by atoms with Gasteiger partial charge in [-0.25, -0.2) is 0 Å². The zero-order valence-corrected chi connectivity index (χ0v) is 9.20. The minimum Gasteiger partial charge on any atom is -0.376 e. The second-order valence-corrected chi connectivity index (χ2v) is 4.22. The number of aliphatic imine (C=N–C) groups is 1. The highest BCUT2D eigenvalue weighted by Crippen LogP contribution is 2.21. The molecule has 0 bridgehead atoms. The minimum absolute atomic E-state index is 0.0357. The Morgan fingerprint density at radius 3 is 2.57 bits per heavy atom. The molecule has 0 aromatic carbocycles. The molecule has 0 radical (unpaired) electrons. The summed E-state index contributed by atoms with van der Waals surface area (Å²) in [6, 6.07) is 0. The first kappa shape index (κ1) is 10.7. The molecule has 1 rings (SSSR count). The molecule has 14 heavy (non-hydrogen) atoms. The summed E-state index contributed by atoms with van der Waals surface area (Å²) in [6.07, 6.45) is 7.29. The van der Waals surface area contributed by atoms with Gasteiger partial charge in [0.15, 0.2) is 0 Å². The van der Waals surface area contributed by atoms with Gasteiger partial charge in [-0.2, -0.15) is 0 Å². The van der Waals surface area contributed by atoms with Gasteiger partial charge in [0.1, 0.15) is 5.70 Å². The van der Waals surface area contributed by atoms with Crippen molar-refractivity contribution >= 4 is 12.4 Å². The van der Waals surface area contributed by atoms with E-state index in [4.69, 9.17) is 5.41 Å². The summed E-state index contributed by atoms with van der Waals surface area (Å²) < 4.78 is 0. The number of hydrogen-bond acceptors (Lipinski definition) is 3. The van der Waals surface area contributed by atoms with Crippen LogP contribution in [0.1, 0.15) is 13.8 Å². The van der Waals surface area contributed by atoms with Crippen LogP contribution in [0, 0.1) is 10.8 Å². The highest BCUT2D eigenvalue weighted by atomic mass is 15.1. The van der Waals surface area contributed by atoms with Crippen LogP contribution in [0.15, 0.2) is 28.5 Å². The maximum Gasteiger partial charge on any atom is 0.103 e. The van der Waals surface area contributed by atoms with E-state index in [9.17, 15) is 0 Å². The van der Waals surface area contributed by atoms with Crippen LogP contribution in [-0.4, -0.2) is 31.4 Å². The summed E-state index contributed by atoms with van der Waals surface area (Å²) in [7, 11) is 3.91. The van der Waals surface area contributed by atoms with Gasteiger partial charge in [-0.3, -0.25) is 4.99 Å². The lowest BCUT2D eigenvalue weighted by atomic mass is 9.95. The third-order valence-electron chi connectivity index (χ3n) is 2.09. The summed E-state index contributed by atoms with van der Waals surface area (Å²) in [5.41, 5.74) is 1.64. The number of likely N-dealkylation sites (N-methyl/N-ethyl adjacent to an activating group) is 1. The molecule has 3 heteroatoms. The van der Waals surface area contributed by atoms with Gasteiger partial charge < -0.3 is 10.3 Å². The van der Waals surface area contributed by atoms with E-state index in [1.54, 1.807) is 0 Å². The normalized spacial score (nSPS) is 19.4. The zero-order valence-electron chi connectivity index (χ0n) is 9.20. The summed E-state index contributed by atoms with van der Waals surface area (Å²) in [5, 5.41) is 7.29. The van der Waals surface area contributed by atoms with Crippen LogP contribution in [0.5, 0.6) is 0 Å². The molecule has 0 atom stereocenters. The van der Waals surface area contributed by atoms with Gasteiger partial charge in [0, 0.05) is 31.9 Å². The molecule has 1 N–H and O–H groups in total. The lowest BCUT2D eigenvalue weighted by Crippen LogP contribution is -2.11. The van der Waals surface area contributed by atoms with Crippen molar-refractivity contribution in [1.82, 2.24) is 4.90 Å².